The zero-order valence-corrected chi connectivity index (χ0v) is 14.2. The fourth-order valence-corrected chi connectivity index (χ4v) is 2.83. The van der Waals surface area contributed by atoms with Gasteiger partial charge in [0.25, 0.3) is 0 Å². The van der Waals surface area contributed by atoms with Gasteiger partial charge < -0.3 is 20.2 Å². The second kappa shape index (κ2) is 7.38. The second-order valence-electron chi connectivity index (χ2n) is 5.94. The molecule has 2 aromatic rings. The minimum Gasteiger partial charge on any atom is -0.493 e. The molecule has 1 aromatic carbocycles. The van der Waals surface area contributed by atoms with Crippen molar-refractivity contribution in [1.29, 1.82) is 0 Å². The van der Waals surface area contributed by atoms with Gasteiger partial charge in [0.1, 0.15) is 18.1 Å². The van der Waals surface area contributed by atoms with Gasteiger partial charge in [-0.2, -0.15) is 0 Å². The Kier molecular flexibility index (Phi) is 5.03. The van der Waals surface area contributed by atoms with Crippen molar-refractivity contribution in [1.82, 2.24) is 10.3 Å². The average Bonchev–Trinajstić information content (AvgIpc) is 2.93. The lowest BCUT2D eigenvalue weighted by molar-refractivity contribution is 0.262. The molecule has 1 aromatic heterocycles. The zero-order chi connectivity index (χ0) is 16.9. The number of nitrogens with two attached hydrogens (primary N) is 1. The summed E-state index contributed by atoms with van der Waals surface area (Å²) in [5.74, 6) is 2.86. The first-order chi connectivity index (χ1) is 11.7. The third-order valence-electron chi connectivity index (χ3n) is 4.07. The smallest absolute Gasteiger partial charge is 0.194 e. The molecule has 0 fully saturated rings. The van der Waals surface area contributed by atoms with E-state index in [9.17, 15) is 0 Å². The Balaban J connectivity index is 1.65. The number of ether oxygens (including phenoxy) is 1. The number of fused-ring (bicyclic) bond motifs is 1. The largest absolute Gasteiger partial charge is 0.493 e. The van der Waals surface area contributed by atoms with Gasteiger partial charge in [0.05, 0.1) is 18.3 Å². The summed E-state index contributed by atoms with van der Waals surface area (Å²) in [5, 5.41) is 3.28. The molecule has 0 saturated carbocycles. The number of para-hydroxylation sites is 1. The molecule has 6 heteroatoms. The molecule has 0 radical (unpaired) electrons. The predicted octanol–water partition coefficient (Wildman–Crippen LogP) is 2.86. The molecule has 3 N–H and O–H groups in total. The maximum atomic E-state index is 6.06. The lowest BCUT2D eigenvalue weighted by atomic mass is 10.0. The number of aliphatic imine (C=N–C) groups is 1. The summed E-state index contributed by atoms with van der Waals surface area (Å²) in [6.07, 6.45) is 2.71. The van der Waals surface area contributed by atoms with E-state index in [1.165, 1.54) is 0 Å². The number of nitrogens with zero attached hydrogens (tertiary/aromatic N) is 2. The van der Waals surface area contributed by atoms with Gasteiger partial charge in [-0.25, -0.2) is 9.98 Å². The standard InChI is InChI=1S/C18H24N4O2/c1-3-6-17-21-12(2)16(24-17)11-20-18(19)22-14-9-10-23-15-8-5-4-7-13(14)15/h4-5,7-8,14H,3,6,9-11H2,1-2H3,(H3,19,20,22). The van der Waals surface area contributed by atoms with Crippen LogP contribution in [0.4, 0.5) is 0 Å². The van der Waals surface area contributed by atoms with Gasteiger partial charge in [-0.3, -0.25) is 0 Å². The summed E-state index contributed by atoms with van der Waals surface area (Å²) in [6.45, 7) is 5.10. The molecule has 1 aliphatic rings. The van der Waals surface area contributed by atoms with Crippen LogP contribution in [-0.2, 0) is 13.0 Å². The van der Waals surface area contributed by atoms with Crippen LogP contribution in [0, 0.1) is 6.92 Å². The van der Waals surface area contributed by atoms with Crippen LogP contribution in [0.25, 0.3) is 0 Å². The van der Waals surface area contributed by atoms with Gasteiger partial charge >= 0.3 is 0 Å². The molecule has 1 atom stereocenters. The summed E-state index contributed by atoms with van der Waals surface area (Å²) in [6, 6.07) is 8.12. The molecule has 24 heavy (non-hydrogen) atoms. The van der Waals surface area contributed by atoms with Crippen LogP contribution < -0.4 is 15.8 Å². The van der Waals surface area contributed by atoms with Gasteiger partial charge in [0, 0.05) is 18.4 Å². The van der Waals surface area contributed by atoms with Crippen LogP contribution in [0.5, 0.6) is 5.75 Å². The third-order valence-corrected chi connectivity index (χ3v) is 4.07. The van der Waals surface area contributed by atoms with Crippen molar-refractivity contribution >= 4 is 5.96 Å². The molecule has 6 nitrogen and oxygen atoms in total. The van der Waals surface area contributed by atoms with Crippen LogP contribution in [0.3, 0.4) is 0 Å². The molecule has 0 amide bonds. The highest BCUT2D eigenvalue weighted by Crippen LogP contribution is 2.31. The molecule has 0 bridgehead atoms. The Morgan fingerprint density at radius 1 is 1.42 bits per heavy atom. The Labute approximate surface area is 142 Å². The van der Waals surface area contributed by atoms with E-state index in [2.05, 4.69) is 28.3 Å². The monoisotopic (exact) mass is 328 g/mol. The quantitative estimate of drug-likeness (QED) is 0.651. The van der Waals surface area contributed by atoms with Crippen molar-refractivity contribution in [3.8, 4) is 5.75 Å². The van der Waals surface area contributed by atoms with Gasteiger partial charge in [-0.15, -0.1) is 0 Å². The van der Waals surface area contributed by atoms with Gasteiger partial charge in [0.15, 0.2) is 11.9 Å². The number of rotatable bonds is 5. The number of benzene rings is 1. The normalized spacial score (nSPS) is 17.2. The first-order valence-corrected chi connectivity index (χ1v) is 8.40. The maximum Gasteiger partial charge on any atom is 0.194 e. The van der Waals surface area contributed by atoms with E-state index >= 15 is 0 Å². The number of aromatic nitrogens is 1. The highest BCUT2D eigenvalue weighted by atomic mass is 16.5. The van der Waals surface area contributed by atoms with Gasteiger partial charge in [-0.1, -0.05) is 25.1 Å². The molecular weight excluding hydrogens is 304 g/mol. The van der Waals surface area contributed by atoms with Crippen molar-refractivity contribution < 1.29 is 9.15 Å². The molecule has 2 heterocycles. The van der Waals surface area contributed by atoms with Gasteiger partial charge in [-0.05, 0) is 19.4 Å². The predicted molar refractivity (Wildman–Crippen MR) is 93.0 cm³/mol. The van der Waals surface area contributed by atoms with Crippen LogP contribution in [0.1, 0.15) is 48.7 Å². The zero-order valence-electron chi connectivity index (χ0n) is 14.2. The summed E-state index contributed by atoms with van der Waals surface area (Å²) in [4.78, 5) is 8.81. The van der Waals surface area contributed by atoms with E-state index in [-0.39, 0.29) is 6.04 Å². The van der Waals surface area contributed by atoms with Crippen LogP contribution in [0.2, 0.25) is 0 Å². The highest BCUT2D eigenvalue weighted by Gasteiger charge is 2.21. The number of hydrogen-bond donors (Lipinski definition) is 2. The Hall–Kier alpha value is -2.50. The van der Waals surface area contributed by atoms with E-state index in [0.717, 1.165) is 47.9 Å². The van der Waals surface area contributed by atoms with Gasteiger partial charge in [0.2, 0.25) is 0 Å². The maximum absolute atomic E-state index is 6.06. The van der Waals surface area contributed by atoms with E-state index in [0.29, 0.717) is 19.1 Å². The van der Waals surface area contributed by atoms with Crippen LogP contribution in [-0.4, -0.2) is 17.6 Å². The average molecular weight is 328 g/mol. The first-order valence-electron chi connectivity index (χ1n) is 8.40. The fraction of sp³-hybridized carbons (Fsp3) is 0.444. The van der Waals surface area contributed by atoms with Crippen molar-refractivity contribution in [3.05, 3.63) is 47.2 Å². The van der Waals surface area contributed by atoms with Crippen LogP contribution in [0.15, 0.2) is 33.7 Å². The van der Waals surface area contributed by atoms with E-state index in [1.807, 2.05) is 25.1 Å². The SMILES string of the molecule is CCCc1nc(C)c(CN=C(N)NC2CCOc3ccccc32)o1. The highest BCUT2D eigenvalue weighted by molar-refractivity contribution is 5.78. The molecule has 0 aliphatic carbocycles. The third kappa shape index (κ3) is 3.69. The molecule has 0 spiro atoms. The lowest BCUT2D eigenvalue weighted by Gasteiger charge is -2.26. The lowest BCUT2D eigenvalue weighted by Crippen LogP contribution is -2.37. The number of hydrogen-bond acceptors (Lipinski definition) is 4. The number of oxazole rings is 1. The molecule has 3 rings (SSSR count). The molecule has 128 valence electrons. The summed E-state index contributed by atoms with van der Waals surface area (Å²) in [5.41, 5.74) is 8.06. The van der Waals surface area contributed by atoms with Crippen molar-refractivity contribution in [3.63, 3.8) is 0 Å². The Bertz CT molecular complexity index is 724. The molecule has 1 unspecified atom stereocenters. The number of nitrogens with one attached hydrogen (secondary N) is 1. The Morgan fingerprint density at radius 3 is 3.08 bits per heavy atom. The Morgan fingerprint density at radius 2 is 2.25 bits per heavy atom. The van der Waals surface area contributed by atoms with E-state index in [1.54, 1.807) is 0 Å². The minimum absolute atomic E-state index is 0.116. The van der Waals surface area contributed by atoms with Crippen molar-refractivity contribution in [2.45, 2.75) is 45.7 Å². The minimum atomic E-state index is 0.116. The topological polar surface area (TPSA) is 85.7 Å². The van der Waals surface area contributed by atoms with Crippen molar-refractivity contribution in [2.75, 3.05) is 6.61 Å². The number of guanidine groups is 1. The molecule has 1 aliphatic heterocycles. The van der Waals surface area contributed by atoms with E-state index < -0.39 is 0 Å². The molecule has 0 saturated heterocycles. The van der Waals surface area contributed by atoms with Crippen molar-refractivity contribution in [2.24, 2.45) is 10.7 Å². The number of aryl methyl sites for hydroxylation is 2. The first kappa shape index (κ1) is 16.4. The summed E-state index contributed by atoms with van der Waals surface area (Å²) in [7, 11) is 0. The fourth-order valence-electron chi connectivity index (χ4n) is 2.83. The summed E-state index contributed by atoms with van der Waals surface area (Å²) < 4.78 is 11.4. The summed E-state index contributed by atoms with van der Waals surface area (Å²) >= 11 is 0. The second-order valence-corrected chi connectivity index (χ2v) is 5.94. The van der Waals surface area contributed by atoms with Crippen LogP contribution >= 0.6 is 0 Å². The van der Waals surface area contributed by atoms with E-state index in [4.69, 9.17) is 14.9 Å². The molecular formula is C18H24N4O2.